The second kappa shape index (κ2) is 6.07. The van der Waals surface area contributed by atoms with E-state index in [4.69, 9.17) is 0 Å². The Bertz CT molecular complexity index is 954. The molecule has 7 heteroatoms. The third-order valence-electron chi connectivity index (χ3n) is 3.26. The van der Waals surface area contributed by atoms with Crippen LogP contribution in [-0.2, 0) is 0 Å². The van der Waals surface area contributed by atoms with E-state index < -0.39 is 0 Å². The van der Waals surface area contributed by atoms with Gasteiger partial charge in [0, 0.05) is 5.56 Å². The lowest BCUT2D eigenvalue weighted by Gasteiger charge is -2.07. The van der Waals surface area contributed by atoms with Crippen LogP contribution in [-0.4, -0.2) is 20.2 Å². The summed E-state index contributed by atoms with van der Waals surface area (Å²) < 4.78 is 0.551. The van der Waals surface area contributed by atoms with E-state index in [1.165, 1.54) is 12.1 Å². The zero-order valence-corrected chi connectivity index (χ0v) is 14.7. The van der Waals surface area contributed by atoms with Crippen LogP contribution >= 0.6 is 31.9 Å². The summed E-state index contributed by atoms with van der Waals surface area (Å²) >= 11 is 6.31. The van der Waals surface area contributed by atoms with Gasteiger partial charge in [-0.3, -0.25) is 0 Å². The molecule has 0 aliphatic rings. The number of phenolic OH excluding ortho intramolecular Hbond substituents is 2. The predicted molar refractivity (Wildman–Crippen MR) is 94.7 cm³/mol. The number of aromatic nitrogens is 2. The molecule has 0 aliphatic heterocycles. The number of para-hydroxylation sites is 2. The maximum Gasteiger partial charge on any atom is 0.149 e. The van der Waals surface area contributed by atoms with Crippen LogP contribution in [0, 0.1) is 11.3 Å². The van der Waals surface area contributed by atoms with Crippen molar-refractivity contribution in [3.63, 3.8) is 0 Å². The van der Waals surface area contributed by atoms with E-state index in [1.54, 1.807) is 0 Å². The van der Waals surface area contributed by atoms with Crippen molar-refractivity contribution in [1.29, 1.82) is 5.26 Å². The Morgan fingerprint density at radius 2 is 1.96 bits per heavy atom. The second-order valence-corrected chi connectivity index (χ2v) is 6.38. The zero-order valence-electron chi connectivity index (χ0n) is 11.5. The highest BCUT2D eigenvalue weighted by Crippen LogP contribution is 2.42. The van der Waals surface area contributed by atoms with Crippen LogP contribution < -0.4 is 0 Å². The molecule has 0 spiro atoms. The van der Waals surface area contributed by atoms with Crippen LogP contribution in [0.3, 0.4) is 0 Å². The molecule has 0 bridgehead atoms. The molecule has 2 aromatic carbocycles. The highest BCUT2D eigenvalue weighted by molar-refractivity contribution is 9.11. The number of fused-ring (bicyclic) bond motifs is 1. The number of halogens is 2. The number of hydrogen-bond acceptors (Lipinski definition) is 4. The number of nitrogens with zero attached hydrogens (tertiary/aromatic N) is 2. The lowest BCUT2D eigenvalue weighted by Crippen LogP contribution is -1.87. The molecule has 1 aromatic heterocycles. The molecule has 3 aromatic rings. The smallest absolute Gasteiger partial charge is 0.149 e. The molecule has 0 aliphatic carbocycles. The number of rotatable bonds is 2. The summed E-state index contributed by atoms with van der Waals surface area (Å²) in [5.74, 6) is 0.143. The molecule has 0 unspecified atom stereocenters. The lowest BCUT2D eigenvalue weighted by molar-refractivity contribution is 0.441. The van der Waals surface area contributed by atoms with Crippen molar-refractivity contribution in [2.24, 2.45) is 0 Å². The summed E-state index contributed by atoms with van der Waals surface area (Å²) in [7, 11) is 0. The summed E-state index contributed by atoms with van der Waals surface area (Å²) in [6.07, 6.45) is 1.50. The van der Waals surface area contributed by atoms with Gasteiger partial charge in [0.05, 0.1) is 21.1 Å². The quantitative estimate of drug-likeness (QED) is 0.515. The van der Waals surface area contributed by atoms with Crippen molar-refractivity contribution in [2.75, 3.05) is 0 Å². The van der Waals surface area contributed by atoms with Crippen molar-refractivity contribution in [3.8, 4) is 17.6 Å². The summed E-state index contributed by atoms with van der Waals surface area (Å²) in [6, 6.07) is 11.0. The van der Waals surface area contributed by atoms with E-state index in [9.17, 15) is 15.5 Å². The molecule has 0 radical (unpaired) electrons. The van der Waals surface area contributed by atoms with Crippen LogP contribution in [0.4, 0.5) is 0 Å². The van der Waals surface area contributed by atoms with Gasteiger partial charge in [0.1, 0.15) is 27.9 Å². The molecule has 0 fully saturated rings. The normalized spacial score (nSPS) is 11.6. The number of phenols is 2. The number of H-pyrrole nitrogens is 1. The van der Waals surface area contributed by atoms with E-state index in [0.717, 1.165) is 11.0 Å². The first-order valence-corrected chi connectivity index (χ1v) is 8.06. The van der Waals surface area contributed by atoms with Gasteiger partial charge in [-0.05, 0) is 56.1 Å². The maximum atomic E-state index is 10.1. The largest absolute Gasteiger partial charge is 0.506 e. The first kappa shape index (κ1) is 15.6. The standard InChI is InChI=1S/C16H9Br2N3O2/c17-10-6-8(14(22)13(18)15(10)23)5-9(7-19)16-20-11-3-1-2-4-12(11)21-16/h1-6,22-23H,(H,20,21). The number of allylic oxidation sites excluding steroid dienone is 1. The van der Waals surface area contributed by atoms with Gasteiger partial charge in [0.2, 0.25) is 0 Å². The third-order valence-corrected chi connectivity index (χ3v) is 4.62. The van der Waals surface area contributed by atoms with E-state index in [0.29, 0.717) is 15.9 Å². The summed E-state index contributed by atoms with van der Waals surface area (Å²) in [4.78, 5) is 7.44. The number of hydrogen-bond donors (Lipinski definition) is 3. The first-order chi connectivity index (χ1) is 11.0. The SMILES string of the molecule is N#CC(=Cc1cc(Br)c(O)c(Br)c1O)c1nc2ccccc2[nH]1. The highest BCUT2D eigenvalue weighted by Gasteiger charge is 2.15. The van der Waals surface area contributed by atoms with Crippen LogP contribution in [0.1, 0.15) is 11.4 Å². The Balaban J connectivity index is 2.15. The van der Waals surface area contributed by atoms with Gasteiger partial charge >= 0.3 is 0 Å². The molecular weight excluding hydrogens is 426 g/mol. The average Bonchev–Trinajstić information content (AvgIpc) is 2.98. The summed E-state index contributed by atoms with van der Waals surface area (Å²) in [5.41, 5.74) is 2.21. The van der Waals surface area contributed by atoms with Gasteiger partial charge in [-0.25, -0.2) is 4.98 Å². The Morgan fingerprint density at radius 3 is 2.65 bits per heavy atom. The molecule has 5 nitrogen and oxygen atoms in total. The van der Waals surface area contributed by atoms with Gasteiger partial charge in [-0.2, -0.15) is 5.26 Å². The average molecular weight is 435 g/mol. The van der Waals surface area contributed by atoms with Gasteiger partial charge in [-0.15, -0.1) is 0 Å². The van der Waals surface area contributed by atoms with Crippen molar-refractivity contribution in [3.05, 3.63) is 50.7 Å². The molecule has 1 heterocycles. The van der Waals surface area contributed by atoms with Crippen molar-refractivity contribution >= 4 is 54.5 Å². The first-order valence-electron chi connectivity index (χ1n) is 6.48. The minimum atomic E-state index is -0.158. The predicted octanol–water partition coefficient (Wildman–Crippen LogP) is 4.56. The molecule has 0 saturated carbocycles. The minimum Gasteiger partial charge on any atom is -0.506 e. The maximum absolute atomic E-state index is 10.1. The third kappa shape index (κ3) is 2.83. The fourth-order valence-corrected chi connectivity index (χ4v) is 3.27. The summed E-state index contributed by atoms with van der Waals surface area (Å²) in [5, 5.41) is 29.3. The van der Waals surface area contributed by atoms with E-state index in [1.807, 2.05) is 24.3 Å². The molecule has 3 rings (SSSR count). The zero-order chi connectivity index (χ0) is 16.6. The topological polar surface area (TPSA) is 92.9 Å². The Hall–Kier alpha value is -2.30. The number of benzene rings is 2. The van der Waals surface area contributed by atoms with Gasteiger partial charge < -0.3 is 15.2 Å². The second-order valence-electron chi connectivity index (χ2n) is 4.73. The number of nitriles is 1. The van der Waals surface area contributed by atoms with E-state index in [-0.39, 0.29) is 21.5 Å². The van der Waals surface area contributed by atoms with Crippen LogP contribution in [0.2, 0.25) is 0 Å². The molecular formula is C16H9Br2N3O2. The Labute approximate surface area is 148 Å². The summed E-state index contributed by atoms with van der Waals surface area (Å²) in [6.45, 7) is 0. The van der Waals surface area contributed by atoms with Crippen LogP contribution in [0.5, 0.6) is 11.5 Å². The van der Waals surface area contributed by atoms with Gasteiger partial charge in [0.25, 0.3) is 0 Å². The Kier molecular flexibility index (Phi) is 4.11. The lowest BCUT2D eigenvalue weighted by atomic mass is 10.1. The van der Waals surface area contributed by atoms with E-state index in [2.05, 4.69) is 47.9 Å². The fraction of sp³-hybridized carbons (Fsp3) is 0. The van der Waals surface area contributed by atoms with Crippen molar-refractivity contribution in [2.45, 2.75) is 0 Å². The van der Waals surface area contributed by atoms with Crippen LogP contribution in [0.15, 0.2) is 39.3 Å². The molecule has 0 atom stereocenters. The molecule has 114 valence electrons. The fourth-order valence-electron chi connectivity index (χ4n) is 2.12. The van der Waals surface area contributed by atoms with Gasteiger partial charge in [0.15, 0.2) is 0 Å². The van der Waals surface area contributed by atoms with E-state index >= 15 is 0 Å². The molecule has 0 saturated heterocycles. The Morgan fingerprint density at radius 1 is 1.22 bits per heavy atom. The number of aromatic amines is 1. The van der Waals surface area contributed by atoms with Gasteiger partial charge in [-0.1, -0.05) is 12.1 Å². The number of nitrogens with one attached hydrogen (secondary N) is 1. The molecule has 3 N–H and O–H groups in total. The molecule has 0 amide bonds. The molecule has 23 heavy (non-hydrogen) atoms. The van der Waals surface area contributed by atoms with Crippen molar-refractivity contribution in [1.82, 2.24) is 9.97 Å². The van der Waals surface area contributed by atoms with Crippen LogP contribution in [0.25, 0.3) is 22.7 Å². The minimum absolute atomic E-state index is 0.109. The highest BCUT2D eigenvalue weighted by atomic mass is 79.9. The van der Waals surface area contributed by atoms with Crippen molar-refractivity contribution < 1.29 is 10.2 Å². The monoisotopic (exact) mass is 433 g/mol. The number of aromatic hydroxyl groups is 2. The number of imidazole rings is 1.